The van der Waals surface area contributed by atoms with E-state index in [4.69, 9.17) is 0 Å². The van der Waals surface area contributed by atoms with E-state index in [1.165, 1.54) is 0 Å². The number of carbonyl (C=O) groups excluding carboxylic acids is 1. The normalized spacial score (nSPS) is 11.9. The van der Waals surface area contributed by atoms with Crippen molar-refractivity contribution in [1.82, 2.24) is 5.32 Å². The Morgan fingerprint density at radius 1 is 1.17 bits per heavy atom. The summed E-state index contributed by atoms with van der Waals surface area (Å²) in [5.74, 6) is -0.678. The van der Waals surface area contributed by atoms with Crippen LogP contribution in [0.3, 0.4) is 0 Å². The van der Waals surface area contributed by atoms with E-state index in [1.807, 2.05) is 37.3 Å². The lowest BCUT2D eigenvalue weighted by molar-refractivity contribution is -0.394. The second kappa shape index (κ2) is 9.75. The zero-order valence-corrected chi connectivity index (χ0v) is 15.6. The number of non-ortho nitro benzene ring substituents is 1. The van der Waals surface area contributed by atoms with E-state index in [1.54, 1.807) is 6.07 Å². The lowest BCUT2D eigenvalue weighted by Crippen LogP contribution is -2.29. The average molecular weight is 394 g/mol. The van der Waals surface area contributed by atoms with Crippen LogP contribution in [0.5, 0.6) is 0 Å². The maximum atomic E-state index is 12.6. The van der Waals surface area contributed by atoms with E-state index < -0.39 is 27.1 Å². The van der Waals surface area contributed by atoms with Crippen molar-refractivity contribution >= 4 is 23.4 Å². The van der Waals surface area contributed by atoms with E-state index in [-0.39, 0.29) is 17.2 Å². The highest BCUT2D eigenvalue weighted by Gasteiger charge is 2.21. The van der Waals surface area contributed by atoms with Crippen molar-refractivity contribution in [3.8, 4) is 6.07 Å². The molecule has 1 amide bonds. The van der Waals surface area contributed by atoms with Crippen LogP contribution in [0, 0.1) is 31.6 Å². The number of nitro groups is 2. The molecule has 0 saturated heterocycles. The van der Waals surface area contributed by atoms with Crippen LogP contribution in [-0.4, -0.2) is 15.8 Å². The average Bonchev–Trinajstić information content (AvgIpc) is 2.71. The Labute approximate surface area is 166 Å². The molecule has 0 aliphatic carbocycles. The quantitative estimate of drug-likeness (QED) is 0.310. The Kier molecular flexibility index (Phi) is 7.14. The third-order valence-electron chi connectivity index (χ3n) is 4.17. The molecular formula is C20H18N4O5. The Bertz CT molecular complexity index is 996. The van der Waals surface area contributed by atoms with Gasteiger partial charge in [-0.05, 0) is 24.1 Å². The molecule has 2 aromatic rings. The molecule has 29 heavy (non-hydrogen) atoms. The highest BCUT2D eigenvalue weighted by atomic mass is 16.6. The van der Waals surface area contributed by atoms with Gasteiger partial charge in [-0.2, -0.15) is 5.26 Å². The van der Waals surface area contributed by atoms with Gasteiger partial charge in [0.1, 0.15) is 11.6 Å². The SMILES string of the molecule is CCC[C@H](NC(=O)C(C#N)=Cc1ccc([N+](=O)[O-])cc1[N+](=O)[O-])c1ccccc1. The molecule has 0 aliphatic heterocycles. The summed E-state index contributed by atoms with van der Waals surface area (Å²) in [6.07, 6.45) is 2.50. The summed E-state index contributed by atoms with van der Waals surface area (Å²) < 4.78 is 0. The molecular weight excluding hydrogens is 376 g/mol. The number of nitrogens with one attached hydrogen (secondary N) is 1. The highest BCUT2D eigenvalue weighted by molar-refractivity contribution is 6.02. The first-order chi connectivity index (χ1) is 13.9. The molecule has 0 aliphatic rings. The van der Waals surface area contributed by atoms with Gasteiger partial charge in [0.25, 0.3) is 17.3 Å². The Balaban J connectivity index is 2.36. The fraction of sp³-hybridized carbons (Fsp3) is 0.200. The van der Waals surface area contributed by atoms with Gasteiger partial charge in [-0.3, -0.25) is 25.0 Å². The number of hydrogen-bond donors (Lipinski definition) is 1. The Hall–Kier alpha value is -4.06. The predicted molar refractivity (Wildman–Crippen MR) is 106 cm³/mol. The molecule has 9 nitrogen and oxygen atoms in total. The molecule has 0 saturated carbocycles. The summed E-state index contributed by atoms with van der Waals surface area (Å²) >= 11 is 0. The minimum Gasteiger partial charge on any atom is -0.345 e. The molecule has 2 rings (SSSR count). The van der Waals surface area contributed by atoms with Crippen LogP contribution in [0.25, 0.3) is 6.08 Å². The van der Waals surface area contributed by atoms with Gasteiger partial charge in [0, 0.05) is 6.07 Å². The molecule has 2 aromatic carbocycles. The third kappa shape index (κ3) is 5.46. The van der Waals surface area contributed by atoms with Crippen molar-refractivity contribution in [3.05, 3.63) is 85.5 Å². The van der Waals surface area contributed by atoms with Crippen LogP contribution in [-0.2, 0) is 4.79 Å². The van der Waals surface area contributed by atoms with Crippen molar-refractivity contribution in [3.63, 3.8) is 0 Å². The van der Waals surface area contributed by atoms with Gasteiger partial charge in [0.05, 0.1) is 27.5 Å². The summed E-state index contributed by atoms with van der Waals surface area (Å²) in [6, 6.07) is 13.7. The molecule has 9 heteroatoms. The second-order valence-electron chi connectivity index (χ2n) is 6.15. The zero-order chi connectivity index (χ0) is 21.4. The van der Waals surface area contributed by atoms with Gasteiger partial charge in [-0.25, -0.2) is 0 Å². The molecule has 0 unspecified atom stereocenters. The predicted octanol–water partition coefficient (Wildman–Crippen LogP) is 4.07. The van der Waals surface area contributed by atoms with Crippen molar-refractivity contribution < 1.29 is 14.6 Å². The Morgan fingerprint density at radius 3 is 2.41 bits per heavy atom. The van der Waals surface area contributed by atoms with Gasteiger partial charge in [0.2, 0.25) is 0 Å². The van der Waals surface area contributed by atoms with Crippen LogP contribution in [0.4, 0.5) is 11.4 Å². The van der Waals surface area contributed by atoms with Gasteiger partial charge < -0.3 is 5.32 Å². The first-order valence-corrected chi connectivity index (χ1v) is 8.77. The van der Waals surface area contributed by atoms with Gasteiger partial charge in [0.15, 0.2) is 0 Å². The molecule has 0 aromatic heterocycles. The lowest BCUT2D eigenvalue weighted by atomic mass is 10.0. The summed E-state index contributed by atoms with van der Waals surface area (Å²) in [4.78, 5) is 33.2. The minimum atomic E-state index is -0.796. The smallest absolute Gasteiger partial charge is 0.283 e. The molecule has 0 spiro atoms. The molecule has 148 valence electrons. The number of amides is 1. The van der Waals surface area contributed by atoms with Gasteiger partial charge in [-0.1, -0.05) is 43.7 Å². The molecule has 0 radical (unpaired) electrons. The van der Waals surface area contributed by atoms with Gasteiger partial charge in [-0.15, -0.1) is 0 Å². The van der Waals surface area contributed by atoms with Crippen molar-refractivity contribution in [1.29, 1.82) is 5.26 Å². The number of nitro benzene ring substituents is 2. The number of hydrogen-bond acceptors (Lipinski definition) is 6. The van der Waals surface area contributed by atoms with Crippen molar-refractivity contribution in [2.45, 2.75) is 25.8 Å². The fourth-order valence-electron chi connectivity index (χ4n) is 2.76. The lowest BCUT2D eigenvalue weighted by Gasteiger charge is -2.18. The summed E-state index contributed by atoms with van der Waals surface area (Å²) in [6.45, 7) is 1.96. The van der Waals surface area contributed by atoms with Crippen molar-refractivity contribution in [2.24, 2.45) is 0 Å². The van der Waals surface area contributed by atoms with Gasteiger partial charge >= 0.3 is 0 Å². The maximum Gasteiger partial charge on any atom is 0.283 e. The van der Waals surface area contributed by atoms with E-state index in [0.29, 0.717) is 6.42 Å². The Morgan fingerprint density at radius 2 is 1.86 bits per heavy atom. The molecule has 0 bridgehead atoms. The first-order valence-electron chi connectivity index (χ1n) is 8.77. The standard InChI is InChI=1S/C20H18N4O5/c1-2-6-18(14-7-4-3-5-8-14)22-20(25)16(13-21)11-15-9-10-17(23(26)27)12-19(15)24(28)29/h3-5,7-12,18H,2,6H2,1H3,(H,22,25)/t18-/m0/s1. The highest BCUT2D eigenvalue weighted by Crippen LogP contribution is 2.27. The summed E-state index contributed by atoms with van der Waals surface area (Å²) in [5.41, 5.74) is -0.545. The molecule has 1 N–H and O–H groups in total. The van der Waals surface area contributed by atoms with Crippen LogP contribution in [0.15, 0.2) is 54.1 Å². The zero-order valence-electron chi connectivity index (χ0n) is 15.6. The molecule has 1 atom stereocenters. The fourth-order valence-corrected chi connectivity index (χ4v) is 2.76. The van der Waals surface area contributed by atoms with Crippen LogP contribution in [0.2, 0.25) is 0 Å². The van der Waals surface area contributed by atoms with Crippen LogP contribution >= 0.6 is 0 Å². The van der Waals surface area contributed by atoms with Crippen LogP contribution < -0.4 is 5.32 Å². The number of benzene rings is 2. The summed E-state index contributed by atoms with van der Waals surface area (Å²) in [7, 11) is 0. The van der Waals surface area contributed by atoms with Crippen LogP contribution in [0.1, 0.15) is 36.9 Å². The van der Waals surface area contributed by atoms with E-state index in [2.05, 4.69) is 5.32 Å². The van der Waals surface area contributed by atoms with Crippen molar-refractivity contribution in [2.75, 3.05) is 0 Å². The third-order valence-corrected chi connectivity index (χ3v) is 4.17. The number of rotatable bonds is 8. The topological polar surface area (TPSA) is 139 Å². The van der Waals surface area contributed by atoms with E-state index in [9.17, 15) is 30.3 Å². The largest absolute Gasteiger partial charge is 0.345 e. The molecule has 0 fully saturated rings. The number of carbonyl (C=O) groups is 1. The van der Waals surface area contributed by atoms with E-state index in [0.717, 1.165) is 36.3 Å². The minimum absolute atomic E-state index is 0.0703. The van der Waals surface area contributed by atoms with E-state index >= 15 is 0 Å². The second-order valence-corrected chi connectivity index (χ2v) is 6.15. The summed E-state index contributed by atoms with van der Waals surface area (Å²) in [5, 5.41) is 34.3. The maximum absolute atomic E-state index is 12.6. The molecule has 0 heterocycles. The monoisotopic (exact) mass is 394 g/mol. The first kappa shape index (κ1) is 21.2. The number of nitrogens with zero attached hydrogens (tertiary/aromatic N) is 3. The number of nitriles is 1.